The molecule has 1 aromatic carbocycles. The van der Waals surface area contributed by atoms with E-state index in [0.717, 1.165) is 12.1 Å². The first-order valence-corrected chi connectivity index (χ1v) is 5.08. The Hall–Kier alpha value is -1.56. The van der Waals surface area contributed by atoms with Crippen LogP contribution in [0.5, 0.6) is 0 Å². The van der Waals surface area contributed by atoms with Gasteiger partial charge in [-0.3, -0.25) is 4.79 Å². The normalized spacial score (nSPS) is 13.2. The highest BCUT2D eigenvalue weighted by atomic mass is 19.4. The number of alkyl halides is 3. The van der Waals surface area contributed by atoms with Crippen LogP contribution in [0.15, 0.2) is 24.3 Å². The molecule has 3 N–H and O–H groups in total. The average Bonchev–Trinajstić information content (AvgIpc) is 2.27. The molecule has 1 amide bonds. The molecule has 1 rings (SSSR count). The molecule has 0 aliphatic rings. The SMILES string of the molecule is CC[C@@H](N)C(=O)Nc1cccc(C(F)(F)F)c1. The topological polar surface area (TPSA) is 55.1 Å². The molecule has 0 aliphatic heterocycles. The van der Waals surface area contributed by atoms with Crippen LogP contribution in [0.1, 0.15) is 18.9 Å². The zero-order chi connectivity index (χ0) is 13.1. The summed E-state index contributed by atoms with van der Waals surface area (Å²) in [4.78, 5) is 11.4. The Balaban J connectivity index is 2.83. The summed E-state index contributed by atoms with van der Waals surface area (Å²) in [6, 6.07) is 3.71. The van der Waals surface area contributed by atoms with Crippen LogP contribution in [-0.4, -0.2) is 11.9 Å². The van der Waals surface area contributed by atoms with Crippen LogP contribution in [0.25, 0.3) is 0 Å². The number of rotatable bonds is 3. The van der Waals surface area contributed by atoms with Crippen LogP contribution in [0.4, 0.5) is 18.9 Å². The molecular weight excluding hydrogens is 233 g/mol. The third kappa shape index (κ3) is 3.74. The summed E-state index contributed by atoms with van der Waals surface area (Å²) in [6.07, 6.45) is -4.00. The van der Waals surface area contributed by atoms with Gasteiger partial charge in [0.05, 0.1) is 11.6 Å². The maximum absolute atomic E-state index is 12.4. The van der Waals surface area contributed by atoms with Gasteiger partial charge in [-0.05, 0) is 24.6 Å². The summed E-state index contributed by atoms with van der Waals surface area (Å²) < 4.78 is 37.2. The number of amides is 1. The van der Waals surface area contributed by atoms with E-state index in [0.29, 0.717) is 6.42 Å². The lowest BCUT2D eigenvalue weighted by molar-refractivity contribution is -0.137. The molecule has 0 saturated heterocycles. The molecule has 0 saturated carbocycles. The molecule has 3 nitrogen and oxygen atoms in total. The number of hydrogen-bond donors (Lipinski definition) is 2. The smallest absolute Gasteiger partial charge is 0.325 e. The van der Waals surface area contributed by atoms with E-state index in [9.17, 15) is 18.0 Å². The molecule has 0 aromatic heterocycles. The first kappa shape index (κ1) is 13.5. The Morgan fingerprint density at radius 3 is 2.65 bits per heavy atom. The average molecular weight is 246 g/mol. The summed E-state index contributed by atoms with van der Waals surface area (Å²) >= 11 is 0. The molecule has 0 heterocycles. The number of nitrogens with one attached hydrogen (secondary N) is 1. The van der Waals surface area contributed by atoms with Crippen molar-refractivity contribution in [2.24, 2.45) is 5.73 Å². The summed E-state index contributed by atoms with van der Waals surface area (Å²) in [6.45, 7) is 1.72. The van der Waals surface area contributed by atoms with E-state index < -0.39 is 23.7 Å². The van der Waals surface area contributed by atoms with Gasteiger partial charge in [-0.1, -0.05) is 13.0 Å². The second-order valence-electron chi connectivity index (χ2n) is 3.58. The third-order valence-corrected chi connectivity index (χ3v) is 2.23. The quantitative estimate of drug-likeness (QED) is 0.860. The summed E-state index contributed by atoms with van der Waals surface area (Å²) in [7, 11) is 0. The van der Waals surface area contributed by atoms with Crippen LogP contribution >= 0.6 is 0 Å². The summed E-state index contributed by atoms with van der Waals surface area (Å²) in [5, 5.41) is 2.34. The highest BCUT2D eigenvalue weighted by Gasteiger charge is 2.30. The molecule has 1 aromatic rings. The maximum Gasteiger partial charge on any atom is 0.416 e. The van der Waals surface area contributed by atoms with Crippen molar-refractivity contribution in [3.8, 4) is 0 Å². The van der Waals surface area contributed by atoms with Gasteiger partial charge in [-0.15, -0.1) is 0 Å². The van der Waals surface area contributed by atoms with Crippen molar-refractivity contribution in [3.63, 3.8) is 0 Å². The van der Waals surface area contributed by atoms with Crippen molar-refractivity contribution in [1.29, 1.82) is 0 Å². The van der Waals surface area contributed by atoms with Gasteiger partial charge in [0, 0.05) is 5.69 Å². The molecular formula is C11H13F3N2O. The minimum absolute atomic E-state index is 0.0914. The largest absolute Gasteiger partial charge is 0.416 e. The monoisotopic (exact) mass is 246 g/mol. The number of benzene rings is 1. The van der Waals surface area contributed by atoms with E-state index in [2.05, 4.69) is 5.32 Å². The highest BCUT2D eigenvalue weighted by molar-refractivity contribution is 5.94. The van der Waals surface area contributed by atoms with Crippen molar-refractivity contribution in [2.45, 2.75) is 25.6 Å². The predicted molar refractivity (Wildman–Crippen MR) is 58.3 cm³/mol. The first-order valence-electron chi connectivity index (χ1n) is 5.08. The van der Waals surface area contributed by atoms with Crippen molar-refractivity contribution in [3.05, 3.63) is 29.8 Å². The molecule has 94 valence electrons. The number of halogens is 3. The highest BCUT2D eigenvalue weighted by Crippen LogP contribution is 2.30. The van der Waals surface area contributed by atoms with Crippen molar-refractivity contribution in [1.82, 2.24) is 0 Å². The van der Waals surface area contributed by atoms with E-state index in [1.807, 2.05) is 0 Å². The van der Waals surface area contributed by atoms with Crippen LogP contribution < -0.4 is 11.1 Å². The fourth-order valence-corrected chi connectivity index (χ4v) is 1.19. The maximum atomic E-state index is 12.4. The van der Waals surface area contributed by atoms with Gasteiger partial charge in [0.2, 0.25) is 5.91 Å². The number of carbonyl (C=O) groups is 1. The Morgan fingerprint density at radius 1 is 1.47 bits per heavy atom. The lowest BCUT2D eigenvalue weighted by Crippen LogP contribution is -2.34. The molecule has 17 heavy (non-hydrogen) atoms. The van der Waals surface area contributed by atoms with Crippen molar-refractivity contribution in [2.75, 3.05) is 5.32 Å². The van der Waals surface area contributed by atoms with E-state index in [4.69, 9.17) is 5.73 Å². The lowest BCUT2D eigenvalue weighted by Gasteiger charge is -2.12. The zero-order valence-corrected chi connectivity index (χ0v) is 9.21. The van der Waals surface area contributed by atoms with Crippen LogP contribution in [0.3, 0.4) is 0 Å². The molecule has 0 fully saturated rings. The minimum Gasteiger partial charge on any atom is -0.325 e. The molecule has 0 unspecified atom stereocenters. The standard InChI is InChI=1S/C11H13F3N2O/c1-2-9(15)10(17)16-8-5-3-4-7(6-8)11(12,13)14/h3-6,9H,2,15H2,1H3,(H,16,17)/t9-/m1/s1. The van der Waals surface area contributed by atoms with Gasteiger partial charge in [0.15, 0.2) is 0 Å². The zero-order valence-electron chi connectivity index (χ0n) is 9.21. The second-order valence-corrected chi connectivity index (χ2v) is 3.58. The molecule has 6 heteroatoms. The Labute approximate surface area is 96.8 Å². The molecule has 0 aliphatic carbocycles. The number of hydrogen-bond acceptors (Lipinski definition) is 2. The molecule has 0 bridgehead atoms. The third-order valence-electron chi connectivity index (χ3n) is 2.23. The number of anilines is 1. The van der Waals surface area contributed by atoms with Gasteiger partial charge in [-0.25, -0.2) is 0 Å². The van der Waals surface area contributed by atoms with Gasteiger partial charge in [0.1, 0.15) is 0 Å². The van der Waals surface area contributed by atoms with Gasteiger partial charge >= 0.3 is 6.18 Å². The lowest BCUT2D eigenvalue weighted by atomic mass is 10.1. The molecule has 0 radical (unpaired) electrons. The fraction of sp³-hybridized carbons (Fsp3) is 0.364. The predicted octanol–water partition coefficient (Wildman–Crippen LogP) is 2.38. The van der Waals surface area contributed by atoms with E-state index in [-0.39, 0.29) is 5.69 Å². The van der Waals surface area contributed by atoms with Crippen molar-refractivity contribution < 1.29 is 18.0 Å². The summed E-state index contributed by atoms with van der Waals surface area (Å²) in [5.74, 6) is -0.494. The van der Waals surface area contributed by atoms with E-state index >= 15 is 0 Å². The van der Waals surface area contributed by atoms with Crippen LogP contribution in [-0.2, 0) is 11.0 Å². The van der Waals surface area contributed by atoms with Crippen LogP contribution in [0, 0.1) is 0 Å². The van der Waals surface area contributed by atoms with Crippen LogP contribution in [0.2, 0.25) is 0 Å². The number of carbonyl (C=O) groups excluding carboxylic acids is 1. The number of nitrogens with two attached hydrogens (primary N) is 1. The van der Waals surface area contributed by atoms with Gasteiger partial charge in [-0.2, -0.15) is 13.2 Å². The molecule has 1 atom stereocenters. The van der Waals surface area contributed by atoms with Gasteiger partial charge in [0.25, 0.3) is 0 Å². The van der Waals surface area contributed by atoms with Crippen molar-refractivity contribution >= 4 is 11.6 Å². The summed E-state index contributed by atoms with van der Waals surface area (Å²) in [5.41, 5.74) is 4.74. The second kappa shape index (κ2) is 5.18. The molecule has 0 spiro atoms. The minimum atomic E-state index is -4.42. The Morgan fingerprint density at radius 2 is 2.12 bits per heavy atom. The van der Waals surface area contributed by atoms with E-state index in [1.165, 1.54) is 12.1 Å². The Bertz CT molecular complexity index is 404. The fourth-order valence-electron chi connectivity index (χ4n) is 1.19. The van der Waals surface area contributed by atoms with E-state index in [1.54, 1.807) is 6.92 Å². The van der Waals surface area contributed by atoms with Gasteiger partial charge < -0.3 is 11.1 Å². The first-order chi connectivity index (χ1) is 7.84. The Kier molecular flexibility index (Phi) is 4.11.